The lowest BCUT2D eigenvalue weighted by Crippen LogP contribution is -2.34. The summed E-state index contributed by atoms with van der Waals surface area (Å²) in [4.78, 5) is 13.5. The van der Waals surface area contributed by atoms with Gasteiger partial charge in [0.1, 0.15) is 5.82 Å². The Balaban J connectivity index is 2.52. The van der Waals surface area contributed by atoms with E-state index < -0.39 is 0 Å². The van der Waals surface area contributed by atoms with E-state index in [-0.39, 0.29) is 17.8 Å². The number of rotatable bonds is 6. The van der Waals surface area contributed by atoms with Gasteiger partial charge in [-0.2, -0.15) is 0 Å². The predicted octanol–water partition coefficient (Wildman–Crippen LogP) is 2.17. The average Bonchev–Trinajstić information content (AvgIpc) is 2.32. The van der Waals surface area contributed by atoms with Crippen molar-refractivity contribution >= 4 is 5.91 Å². The van der Waals surface area contributed by atoms with Gasteiger partial charge in [0.25, 0.3) is 0 Å². The summed E-state index contributed by atoms with van der Waals surface area (Å²) in [6, 6.07) is 6.68. The van der Waals surface area contributed by atoms with Gasteiger partial charge in [-0.25, -0.2) is 4.39 Å². The van der Waals surface area contributed by atoms with Crippen LogP contribution in [0.1, 0.15) is 25.8 Å². The van der Waals surface area contributed by atoms with Crippen molar-refractivity contribution in [1.82, 2.24) is 10.2 Å². The van der Waals surface area contributed by atoms with Gasteiger partial charge in [-0.15, -0.1) is 0 Å². The van der Waals surface area contributed by atoms with Crippen LogP contribution in [-0.4, -0.2) is 30.4 Å². The second kappa shape index (κ2) is 7.11. The maximum atomic E-state index is 13.4. The summed E-state index contributed by atoms with van der Waals surface area (Å²) in [6.07, 6.45) is 0.429. The van der Waals surface area contributed by atoms with Crippen molar-refractivity contribution in [3.8, 4) is 0 Å². The summed E-state index contributed by atoms with van der Waals surface area (Å²) in [5.41, 5.74) is 0.546. The number of nitrogens with zero attached hydrogens (tertiary/aromatic N) is 1. The molecule has 0 fully saturated rings. The normalized spacial score (nSPS) is 12.2. The third-order valence-electron chi connectivity index (χ3n) is 2.82. The molecule has 0 spiro atoms. The fourth-order valence-corrected chi connectivity index (χ4v) is 1.81. The van der Waals surface area contributed by atoms with Crippen molar-refractivity contribution < 1.29 is 9.18 Å². The molecule has 100 valence electrons. The van der Waals surface area contributed by atoms with Crippen molar-refractivity contribution in [2.75, 3.05) is 13.6 Å². The molecule has 1 rings (SSSR count). The molecule has 0 aliphatic heterocycles. The Labute approximate surface area is 108 Å². The number of benzene rings is 1. The summed E-state index contributed by atoms with van der Waals surface area (Å²) >= 11 is 0. The molecule has 1 aromatic rings. The van der Waals surface area contributed by atoms with Gasteiger partial charge in [0, 0.05) is 31.6 Å². The maximum absolute atomic E-state index is 13.4. The Kier molecular flexibility index (Phi) is 5.78. The van der Waals surface area contributed by atoms with Gasteiger partial charge in [-0.1, -0.05) is 25.1 Å². The van der Waals surface area contributed by atoms with Gasteiger partial charge < -0.3 is 10.2 Å². The molecule has 0 saturated heterocycles. The smallest absolute Gasteiger partial charge is 0.224 e. The second-order valence-corrected chi connectivity index (χ2v) is 4.50. The quantitative estimate of drug-likeness (QED) is 0.841. The van der Waals surface area contributed by atoms with Gasteiger partial charge in [0.2, 0.25) is 5.91 Å². The first-order chi connectivity index (χ1) is 8.54. The van der Waals surface area contributed by atoms with Crippen LogP contribution in [0.3, 0.4) is 0 Å². The van der Waals surface area contributed by atoms with E-state index in [9.17, 15) is 9.18 Å². The average molecular weight is 252 g/mol. The van der Waals surface area contributed by atoms with Gasteiger partial charge in [-0.05, 0) is 19.5 Å². The zero-order chi connectivity index (χ0) is 13.5. The highest BCUT2D eigenvalue weighted by atomic mass is 19.1. The molecule has 1 aromatic carbocycles. The van der Waals surface area contributed by atoms with E-state index in [1.807, 2.05) is 13.8 Å². The molecule has 0 saturated carbocycles. The van der Waals surface area contributed by atoms with E-state index >= 15 is 0 Å². The molecular formula is C14H21FN2O. The number of nitrogens with one attached hydrogen (secondary N) is 1. The Hall–Kier alpha value is -1.42. The van der Waals surface area contributed by atoms with Crippen LogP contribution < -0.4 is 5.32 Å². The number of amides is 1. The van der Waals surface area contributed by atoms with Crippen molar-refractivity contribution in [2.45, 2.75) is 32.9 Å². The first-order valence-corrected chi connectivity index (χ1v) is 6.25. The summed E-state index contributed by atoms with van der Waals surface area (Å²) in [5, 5.41) is 3.18. The first kappa shape index (κ1) is 14.6. The summed E-state index contributed by atoms with van der Waals surface area (Å²) in [6.45, 7) is 5.12. The molecule has 0 radical (unpaired) electrons. The largest absolute Gasteiger partial charge is 0.341 e. The van der Waals surface area contributed by atoms with Gasteiger partial charge in [0.15, 0.2) is 0 Å². The summed E-state index contributed by atoms with van der Waals surface area (Å²) in [7, 11) is 1.70. The van der Waals surface area contributed by atoms with Crippen LogP contribution in [0.5, 0.6) is 0 Å². The Morgan fingerprint density at radius 2 is 2.11 bits per heavy atom. The standard InChI is InChI=1S/C14H21FN2O/c1-4-16-11(2)9-14(18)17(3)10-12-7-5-6-8-13(12)15/h5-8,11,16H,4,9-10H2,1-3H3. The molecule has 0 aliphatic carbocycles. The fraction of sp³-hybridized carbons (Fsp3) is 0.500. The molecule has 1 unspecified atom stereocenters. The molecular weight excluding hydrogens is 231 g/mol. The number of carbonyl (C=O) groups is 1. The molecule has 1 N–H and O–H groups in total. The zero-order valence-corrected chi connectivity index (χ0v) is 11.2. The molecule has 0 aliphatic rings. The highest BCUT2D eigenvalue weighted by molar-refractivity contribution is 5.76. The van der Waals surface area contributed by atoms with E-state index in [4.69, 9.17) is 0 Å². The lowest BCUT2D eigenvalue weighted by Gasteiger charge is -2.20. The third kappa shape index (κ3) is 4.45. The Morgan fingerprint density at radius 3 is 2.72 bits per heavy atom. The minimum absolute atomic E-state index is 0.0201. The number of halogens is 1. The molecule has 0 heterocycles. The monoisotopic (exact) mass is 252 g/mol. The molecule has 0 aromatic heterocycles. The van der Waals surface area contributed by atoms with Crippen molar-refractivity contribution in [1.29, 1.82) is 0 Å². The van der Waals surface area contributed by atoms with Crippen molar-refractivity contribution in [3.63, 3.8) is 0 Å². The van der Waals surface area contributed by atoms with Gasteiger partial charge in [0.05, 0.1) is 0 Å². The lowest BCUT2D eigenvalue weighted by molar-refractivity contribution is -0.130. The van der Waals surface area contributed by atoms with Crippen LogP contribution in [0.4, 0.5) is 4.39 Å². The molecule has 1 atom stereocenters. The van der Waals surface area contributed by atoms with Crippen LogP contribution >= 0.6 is 0 Å². The number of hydrogen-bond acceptors (Lipinski definition) is 2. The van der Waals surface area contributed by atoms with Crippen LogP contribution in [0.25, 0.3) is 0 Å². The van der Waals surface area contributed by atoms with Crippen LogP contribution in [-0.2, 0) is 11.3 Å². The first-order valence-electron chi connectivity index (χ1n) is 6.25. The molecule has 1 amide bonds. The zero-order valence-electron chi connectivity index (χ0n) is 11.2. The highest BCUT2D eigenvalue weighted by Crippen LogP contribution is 2.10. The second-order valence-electron chi connectivity index (χ2n) is 4.50. The van der Waals surface area contributed by atoms with E-state index in [0.717, 1.165) is 6.54 Å². The minimum atomic E-state index is -0.267. The minimum Gasteiger partial charge on any atom is -0.341 e. The fourth-order valence-electron chi connectivity index (χ4n) is 1.81. The Morgan fingerprint density at radius 1 is 1.44 bits per heavy atom. The van der Waals surface area contributed by atoms with E-state index in [1.165, 1.54) is 6.07 Å². The van der Waals surface area contributed by atoms with Crippen molar-refractivity contribution in [3.05, 3.63) is 35.6 Å². The van der Waals surface area contributed by atoms with Gasteiger partial charge in [-0.3, -0.25) is 4.79 Å². The molecule has 4 heteroatoms. The molecule has 0 bridgehead atoms. The highest BCUT2D eigenvalue weighted by Gasteiger charge is 2.14. The van der Waals surface area contributed by atoms with E-state index in [1.54, 1.807) is 30.1 Å². The van der Waals surface area contributed by atoms with E-state index in [0.29, 0.717) is 18.5 Å². The Bertz CT molecular complexity index is 395. The summed E-state index contributed by atoms with van der Waals surface area (Å²) in [5.74, 6) is -0.247. The summed E-state index contributed by atoms with van der Waals surface area (Å²) < 4.78 is 13.4. The predicted molar refractivity (Wildman–Crippen MR) is 70.6 cm³/mol. The van der Waals surface area contributed by atoms with Gasteiger partial charge >= 0.3 is 0 Å². The van der Waals surface area contributed by atoms with Crippen LogP contribution in [0, 0.1) is 5.82 Å². The topological polar surface area (TPSA) is 32.3 Å². The number of carbonyl (C=O) groups excluding carboxylic acids is 1. The van der Waals surface area contributed by atoms with E-state index in [2.05, 4.69) is 5.32 Å². The molecule has 3 nitrogen and oxygen atoms in total. The molecule has 18 heavy (non-hydrogen) atoms. The van der Waals surface area contributed by atoms with Crippen molar-refractivity contribution in [2.24, 2.45) is 0 Å². The van der Waals surface area contributed by atoms with Crippen LogP contribution in [0.15, 0.2) is 24.3 Å². The SMILES string of the molecule is CCNC(C)CC(=O)N(C)Cc1ccccc1F. The lowest BCUT2D eigenvalue weighted by atomic mass is 10.1. The number of hydrogen-bond donors (Lipinski definition) is 1. The maximum Gasteiger partial charge on any atom is 0.224 e. The van der Waals surface area contributed by atoms with Crippen LogP contribution in [0.2, 0.25) is 0 Å². The third-order valence-corrected chi connectivity index (χ3v) is 2.82.